The first-order valence-electron chi connectivity index (χ1n) is 19.7. The van der Waals surface area contributed by atoms with Crippen molar-refractivity contribution in [1.29, 1.82) is 0 Å². The van der Waals surface area contributed by atoms with Crippen LogP contribution < -0.4 is 4.90 Å². The minimum absolute atomic E-state index is 1.11. The summed E-state index contributed by atoms with van der Waals surface area (Å²) in [6, 6.07) is 75.6. The van der Waals surface area contributed by atoms with Gasteiger partial charge in [-0.2, -0.15) is 0 Å². The van der Waals surface area contributed by atoms with E-state index in [9.17, 15) is 0 Å². The van der Waals surface area contributed by atoms with E-state index in [1.165, 1.54) is 90.1 Å². The molecule has 0 aliphatic rings. The summed E-state index contributed by atoms with van der Waals surface area (Å²) in [7, 11) is 0. The lowest BCUT2D eigenvalue weighted by atomic mass is 10.00. The molecule has 0 spiro atoms. The van der Waals surface area contributed by atoms with Gasteiger partial charge in [-0.25, -0.2) is 0 Å². The van der Waals surface area contributed by atoms with Gasteiger partial charge in [0.05, 0.1) is 16.7 Å². The number of benzene rings is 9. The standard InChI is InChI=1S/C54H34N2S2/c1-3-13-35(14-4-1)37-23-29-44-45-30-28-40(34-52(45)57-51(44)33-37)55(38-24-26-39(27-25-38)56-47-20-10-7-17-42(47)43-18-8-11-21-48(43)56)49-32-31-41(36-15-5-2-6-16-36)54-53(49)46-19-9-12-22-50(46)58-54/h1-34H. The monoisotopic (exact) mass is 774 g/mol. The van der Waals surface area contributed by atoms with Crippen molar-refractivity contribution in [3.05, 3.63) is 206 Å². The molecule has 0 radical (unpaired) electrons. The fourth-order valence-electron chi connectivity index (χ4n) is 8.94. The highest BCUT2D eigenvalue weighted by molar-refractivity contribution is 7.26. The quantitative estimate of drug-likeness (QED) is 0.163. The summed E-state index contributed by atoms with van der Waals surface area (Å²) in [6.07, 6.45) is 0. The largest absolute Gasteiger partial charge is 0.310 e. The summed E-state index contributed by atoms with van der Waals surface area (Å²) in [5.74, 6) is 0. The molecule has 3 aromatic heterocycles. The summed E-state index contributed by atoms with van der Waals surface area (Å²) < 4.78 is 7.56. The smallest absolute Gasteiger partial charge is 0.0555 e. The van der Waals surface area contributed by atoms with E-state index in [1.54, 1.807) is 0 Å². The zero-order valence-corrected chi connectivity index (χ0v) is 33.0. The Hall–Kier alpha value is -6.98. The number of hydrogen-bond acceptors (Lipinski definition) is 3. The number of aromatic nitrogens is 1. The van der Waals surface area contributed by atoms with Crippen LogP contribution in [-0.4, -0.2) is 4.57 Å². The third-order valence-corrected chi connectivity index (χ3v) is 13.9. The van der Waals surface area contributed by atoms with E-state index in [0.29, 0.717) is 0 Å². The summed E-state index contributed by atoms with van der Waals surface area (Å²) in [5.41, 5.74) is 12.0. The maximum absolute atomic E-state index is 2.48. The second-order valence-corrected chi connectivity index (χ2v) is 17.0. The van der Waals surface area contributed by atoms with Crippen molar-refractivity contribution in [3.8, 4) is 27.9 Å². The van der Waals surface area contributed by atoms with Gasteiger partial charge in [-0.3, -0.25) is 0 Å². The molecule has 0 bridgehead atoms. The van der Waals surface area contributed by atoms with Gasteiger partial charge in [-0.15, -0.1) is 22.7 Å². The molecule has 12 rings (SSSR count). The Morgan fingerprint density at radius 3 is 1.67 bits per heavy atom. The third-order valence-electron chi connectivity index (χ3n) is 11.6. The Morgan fingerprint density at radius 2 is 0.948 bits per heavy atom. The summed E-state index contributed by atoms with van der Waals surface area (Å²) in [5, 5.41) is 7.67. The maximum Gasteiger partial charge on any atom is 0.0555 e. The number of anilines is 3. The Kier molecular flexibility index (Phi) is 7.62. The van der Waals surface area contributed by atoms with E-state index in [2.05, 4.69) is 216 Å². The second-order valence-electron chi connectivity index (χ2n) is 14.9. The molecule has 58 heavy (non-hydrogen) atoms. The van der Waals surface area contributed by atoms with Gasteiger partial charge in [0.25, 0.3) is 0 Å². The molecule has 0 N–H and O–H groups in total. The normalized spacial score (nSPS) is 11.8. The van der Waals surface area contributed by atoms with Gasteiger partial charge >= 0.3 is 0 Å². The van der Waals surface area contributed by atoms with Crippen molar-refractivity contribution in [3.63, 3.8) is 0 Å². The van der Waals surface area contributed by atoms with Crippen molar-refractivity contribution in [2.75, 3.05) is 4.90 Å². The first-order valence-corrected chi connectivity index (χ1v) is 21.3. The first-order chi connectivity index (χ1) is 28.8. The first kappa shape index (κ1) is 33.2. The van der Waals surface area contributed by atoms with E-state index in [1.807, 2.05) is 22.7 Å². The number of para-hydroxylation sites is 2. The van der Waals surface area contributed by atoms with Crippen LogP contribution >= 0.6 is 22.7 Å². The molecule has 0 amide bonds. The van der Waals surface area contributed by atoms with Gasteiger partial charge in [0, 0.05) is 68.2 Å². The van der Waals surface area contributed by atoms with E-state index in [0.717, 1.165) is 17.1 Å². The predicted molar refractivity (Wildman–Crippen MR) is 252 cm³/mol. The summed E-state index contributed by atoms with van der Waals surface area (Å²) in [4.78, 5) is 2.48. The fourth-order valence-corrected chi connectivity index (χ4v) is 11.4. The van der Waals surface area contributed by atoms with E-state index in [-0.39, 0.29) is 0 Å². The van der Waals surface area contributed by atoms with Gasteiger partial charge < -0.3 is 9.47 Å². The highest BCUT2D eigenvalue weighted by Gasteiger charge is 2.22. The molecule has 12 aromatic rings. The van der Waals surface area contributed by atoms with Crippen LogP contribution in [0.3, 0.4) is 0 Å². The Morgan fingerprint density at radius 1 is 0.362 bits per heavy atom. The maximum atomic E-state index is 2.48. The van der Waals surface area contributed by atoms with E-state index < -0.39 is 0 Å². The van der Waals surface area contributed by atoms with E-state index >= 15 is 0 Å². The van der Waals surface area contributed by atoms with Gasteiger partial charge in [0.1, 0.15) is 0 Å². The highest BCUT2D eigenvalue weighted by Crippen LogP contribution is 2.49. The lowest BCUT2D eigenvalue weighted by Gasteiger charge is -2.27. The molecular formula is C54H34N2S2. The van der Waals surface area contributed by atoms with Crippen molar-refractivity contribution in [2.24, 2.45) is 0 Å². The average Bonchev–Trinajstić information content (AvgIpc) is 3.97. The van der Waals surface area contributed by atoms with Crippen molar-refractivity contribution < 1.29 is 0 Å². The second kappa shape index (κ2) is 13.3. The molecule has 0 aliphatic heterocycles. The fraction of sp³-hybridized carbons (Fsp3) is 0. The molecule has 0 unspecified atom stereocenters. The average molecular weight is 775 g/mol. The van der Waals surface area contributed by atoms with Gasteiger partial charge in [-0.05, 0) is 89.0 Å². The Balaban J connectivity index is 1.08. The zero-order chi connectivity index (χ0) is 38.2. The Labute approximate surface area is 343 Å². The molecule has 3 heterocycles. The summed E-state index contributed by atoms with van der Waals surface area (Å²) in [6.45, 7) is 0. The third kappa shape index (κ3) is 5.23. The SMILES string of the molecule is c1ccc(-c2ccc3c(c2)sc2cc(N(c4ccc(-n5c6ccccc6c6ccccc65)cc4)c4ccc(-c5ccccc5)c5sc6ccccc6c45)ccc23)cc1. The molecule has 0 saturated heterocycles. The molecule has 0 saturated carbocycles. The van der Waals surface area contributed by atoms with Gasteiger partial charge in [0.2, 0.25) is 0 Å². The van der Waals surface area contributed by atoms with Crippen LogP contribution in [0.1, 0.15) is 0 Å². The molecule has 0 aliphatic carbocycles. The van der Waals surface area contributed by atoms with Crippen LogP contribution in [-0.2, 0) is 0 Å². The van der Waals surface area contributed by atoms with Crippen molar-refractivity contribution in [1.82, 2.24) is 4.57 Å². The Bertz CT molecular complexity index is 3450. The highest BCUT2D eigenvalue weighted by atomic mass is 32.1. The van der Waals surface area contributed by atoms with Gasteiger partial charge in [-0.1, -0.05) is 140 Å². The molecule has 0 fully saturated rings. The van der Waals surface area contributed by atoms with Crippen LogP contribution in [0.5, 0.6) is 0 Å². The number of nitrogens with zero attached hydrogens (tertiary/aromatic N) is 2. The predicted octanol–water partition coefficient (Wildman–Crippen LogP) is 16.3. The van der Waals surface area contributed by atoms with Crippen molar-refractivity contribution in [2.45, 2.75) is 0 Å². The molecule has 2 nitrogen and oxygen atoms in total. The lowest BCUT2D eigenvalue weighted by Crippen LogP contribution is -2.10. The van der Waals surface area contributed by atoms with Crippen molar-refractivity contribution >= 4 is 102 Å². The molecule has 4 heteroatoms. The lowest BCUT2D eigenvalue weighted by molar-refractivity contribution is 1.17. The van der Waals surface area contributed by atoms with Crippen LogP contribution in [0, 0.1) is 0 Å². The minimum atomic E-state index is 1.11. The minimum Gasteiger partial charge on any atom is -0.310 e. The number of thiophene rings is 2. The number of rotatable bonds is 6. The van der Waals surface area contributed by atoms with Crippen LogP contribution in [0.4, 0.5) is 17.1 Å². The number of hydrogen-bond donors (Lipinski definition) is 0. The topological polar surface area (TPSA) is 8.17 Å². The molecule has 272 valence electrons. The van der Waals surface area contributed by atoms with Crippen LogP contribution in [0.25, 0.3) is 90.1 Å². The molecular weight excluding hydrogens is 741 g/mol. The van der Waals surface area contributed by atoms with Gasteiger partial charge in [0.15, 0.2) is 0 Å². The van der Waals surface area contributed by atoms with E-state index in [4.69, 9.17) is 0 Å². The molecule has 0 atom stereocenters. The van der Waals surface area contributed by atoms with Crippen LogP contribution in [0.2, 0.25) is 0 Å². The number of fused-ring (bicyclic) bond motifs is 9. The zero-order valence-electron chi connectivity index (χ0n) is 31.3. The van der Waals surface area contributed by atoms with Crippen LogP contribution in [0.15, 0.2) is 206 Å². The summed E-state index contributed by atoms with van der Waals surface area (Å²) >= 11 is 3.76. The molecule has 9 aromatic carbocycles.